The van der Waals surface area contributed by atoms with Gasteiger partial charge in [-0.1, -0.05) is 17.7 Å². The summed E-state index contributed by atoms with van der Waals surface area (Å²) in [6, 6.07) is 7.72. The summed E-state index contributed by atoms with van der Waals surface area (Å²) < 4.78 is 5.50. The van der Waals surface area contributed by atoms with E-state index in [-0.39, 0.29) is 29.9 Å². The molecule has 0 fully saturated rings. The summed E-state index contributed by atoms with van der Waals surface area (Å²) in [6.07, 6.45) is 0.142. The number of hydrogen-bond donors (Lipinski definition) is 3. The lowest BCUT2D eigenvalue weighted by molar-refractivity contribution is 0.0693. The van der Waals surface area contributed by atoms with Gasteiger partial charge in [-0.2, -0.15) is 0 Å². The van der Waals surface area contributed by atoms with Gasteiger partial charge in [-0.25, -0.2) is 4.79 Å². The highest BCUT2D eigenvalue weighted by Gasteiger charge is 2.17. The Balaban J connectivity index is 2.12. The van der Waals surface area contributed by atoms with Crippen LogP contribution in [0.25, 0.3) is 0 Å². The lowest BCUT2D eigenvalue weighted by Crippen LogP contribution is -2.05. The fourth-order valence-electron chi connectivity index (χ4n) is 2.03. The molecule has 2 aromatic carbocycles. The fourth-order valence-corrected chi connectivity index (χ4v) is 2.32. The normalized spacial score (nSPS) is 10.5. The molecule has 116 valence electrons. The van der Waals surface area contributed by atoms with E-state index in [1.807, 2.05) is 13.0 Å². The number of carbonyl (C=O) groups is 1. The number of hydrogen-bond acceptors (Lipinski definition) is 4. The molecule has 0 heterocycles. The first kappa shape index (κ1) is 16.0. The van der Waals surface area contributed by atoms with Crippen molar-refractivity contribution < 1.29 is 24.9 Å². The third kappa shape index (κ3) is 3.43. The zero-order valence-electron chi connectivity index (χ0n) is 11.8. The number of halogens is 1. The van der Waals surface area contributed by atoms with Crippen molar-refractivity contribution >= 4 is 17.6 Å². The van der Waals surface area contributed by atoms with Crippen molar-refractivity contribution in [2.24, 2.45) is 0 Å². The third-order valence-corrected chi connectivity index (χ3v) is 3.48. The molecule has 0 atom stereocenters. The van der Waals surface area contributed by atoms with E-state index in [0.717, 1.165) is 11.6 Å². The van der Waals surface area contributed by atoms with Crippen LogP contribution >= 0.6 is 11.6 Å². The molecule has 2 aromatic rings. The van der Waals surface area contributed by atoms with Crippen molar-refractivity contribution in [1.82, 2.24) is 0 Å². The first-order chi connectivity index (χ1) is 10.4. The second-order valence-corrected chi connectivity index (χ2v) is 5.20. The number of aromatic hydroxyl groups is 2. The van der Waals surface area contributed by atoms with Crippen LogP contribution in [0.15, 0.2) is 30.3 Å². The number of benzene rings is 2. The van der Waals surface area contributed by atoms with Crippen LogP contribution in [0.4, 0.5) is 0 Å². The Bertz CT molecular complexity index is 712. The maximum Gasteiger partial charge on any atom is 0.339 e. The van der Waals surface area contributed by atoms with Gasteiger partial charge in [0.2, 0.25) is 0 Å². The first-order valence-electron chi connectivity index (χ1n) is 6.56. The van der Waals surface area contributed by atoms with E-state index >= 15 is 0 Å². The van der Waals surface area contributed by atoms with Gasteiger partial charge in [-0.3, -0.25) is 0 Å². The molecule has 0 aromatic heterocycles. The zero-order chi connectivity index (χ0) is 16.3. The van der Waals surface area contributed by atoms with Gasteiger partial charge in [-0.15, -0.1) is 0 Å². The molecule has 0 saturated carbocycles. The Kier molecular flexibility index (Phi) is 4.78. The summed E-state index contributed by atoms with van der Waals surface area (Å²) in [6.45, 7) is 2.04. The molecule has 0 aliphatic rings. The number of carboxylic acids is 1. The van der Waals surface area contributed by atoms with Gasteiger partial charge in [0.15, 0.2) is 0 Å². The molecule has 22 heavy (non-hydrogen) atoms. The van der Waals surface area contributed by atoms with Gasteiger partial charge in [0.05, 0.1) is 11.6 Å². The molecule has 0 radical (unpaired) electrons. The number of phenols is 2. The second kappa shape index (κ2) is 6.58. The summed E-state index contributed by atoms with van der Waals surface area (Å²) in [5.74, 6) is -1.41. The van der Waals surface area contributed by atoms with Crippen LogP contribution in [0.5, 0.6) is 17.2 Å². The molecular formula is C16H15ClO5. The van der Waals surface area contributed by atoms with Crippen LogP contribution in [0.1, 0.15) is 21.5 Å². The molecule has 0 amide bonds. The molecule has 0 aliphatic carbocycles. The Hall–Kier alpha value is -2.40. The number of rotatable bonds is 5. The fraction of sp³-hybridized carbons (Fsp3) is 0.188. The molecular weight excluding hydrogens is 308 g/mol. The molecule has 6 heteroatoms. The van der Waals surface area contributed by atoms with E-state index in [2.05, 4.69) is 0 Å². The lowest BCUT2D eigenvalue weighted by atomic mass is 10.1. The molecule has 0 unspecified atom stereocenters. The van der Waals surface area contributed by atoms with Crippen LogP contribution in [0, 0.1) is 6.92 Å². The molecule has 0 saturated heterocycles. The minimum absolute atomic E-state index is 0.128. The smallest absolute Gasteiger partial charge is 0.339 e. The van der Waals surface area contributed by atoms with Crippen molar-refractivity contribution in [3.05, 3.63) is 52.0 Å². The zero-order valence-corrected chi connectivity index (χ0v) is 12.6. The number of aryl methyl sites for hydroxylation is 1. The van der Waals surface area contributed by atoms with Crippen LogP contribution in [-0.4, -0.2) is 27.9 Å². The minimum Gasteiger partial charge on any atom is -0.508 e. The Morgan fingerprint density at radius 2 is 1.95 bits per heavy atom. The molecule has 5 nitrogen and oxygen atoms in total. The van der Waals surface area contributed by atoms with E-state index in [4.69, 9.17) is 21.4 Å². The summed E-state index contributed by atoms with van der Waals surface area (Å²) >= 11 is 6.04. The van der Waals surface area contributed by atoms with Gasteiger partial charge >= 0.3 is 5.97 Å². The van der Waals surface area contributed by atoms with Crippen molar-refractivity contribution in [1.29, 1.82) is 0 Å². The van der Waals surface area contributed by atoms with Crippen molar-refractivity contribution in [3.8, 4) is 17.2 Å². The van der Waals surface area contributed by atoms with Crippen LogP contribution in [-0.2, 0) is 6.42 Å². The molecule has 2 rings (SSSR count). The highest BCUT2D eigenvalue weighted by atomic mass is 35.5. The Labute approximate surface area is 132 Å². The predicted octanol–water partition coefficient (Wildman–Crippen LogP) is 3.38. The van der Waals surface area contributed by atoms with E-state index in [9.17, 15) is 15.0 Å². The lowest BCUT2D eigenvalue weighted by Gasteiger charge is -2.12. The topological polar surface area (TPSA) is 87.0 Å². The quantitative estimate of drug-likeness (QED) is 0.785. The van der Waals surface area contributed by atoms with E-state index in [1.54, 1.807) is 12.1 Å². The standard InChI is InChI=1S/C16H15ClO5/c1-9-2-5-14(12(17)8-9)22-7-6-10-13(18)4-3-11(15(10)19)16(20)21/h2-5,8,18-19H,6-7H2,1H3,(H,20,21). The molecule has 3 N–H and O–H groups in total. The van der Waals surface area contributed by atoms with Crippen molar-refractivity contribution in [3.63, 3.8) is 0 Å². The number of phenolic OH excluding ortho intramolecular Hbond substituents is 1. The summed E-state index contributed by atoms with van der Waals surface area (Å²) in [7, 11) is 0. The van der Waals surface area contributed by atoms with E-state index in [1.165, 1.54) is 6.07 Å². The first-order valence-corrected chi connectivity index (χ1v) is 6.94. The van der Waals surface area contributed by atoms with E-state index < -0.39 is 11.7 Å². The largest absolute Gasteiger partial charge is 0.508 e. The van der Waals surface area contributed by atoms with Gasteiger partial charge in [0.1, 0.15) is 22.8 Å². The number of aromatic carboxylic acids is 1. The highest BCUT2D eigenvalue weighted by Crippen LogP contribution is 2.31. The number of ether oxygens (including phenoxy) is 1. The average Bonchev–Trinajstić information content (AvgIpc) is 2.44. The summed E-state index contributed by atoms with van der Waals surface area (Å²) in [5.41, 5.74) is 0.867. The van der Waals surface area contributed by atoms with Gasteiger partial charge in [0.25, 0.3) is 0 Å². The Morgan fingerprint density at radius 3 is 2.59 bits per heavy atom. The average molecular weight is 323 g/mol. The summed E-state index contributed by atoms with van der Waals surface area (Å²) in [4.78, 5) is 11.0. The second-order valence-electron chi connectivity index (χ2n) is 4.80. The molecule has 0 bridgehead atoms. The van der Waals surface area contributed by atoms with E-state index in [0.29, 0.717) is 10.8 Å². The van der Waals surface area contributed by atoms with Crippen LogP contribution in [0.3, 0.4) is 0 Å². The maximum atomic E-state index is 11.0. The van der Waals surface area contributed by atoms with Gasteiger partial charge in [-0.05, 0) is 36.8 Å². The predicted molar refractivity (Wildman–Crippen MR) is 82.1 cm³/mol. The monoisotopic (exact) mass is 322 g/mol. The molecule has 0 spiro atoms. The maximum absolute atomic E-state index is 11.0. The third-order valence-electron chi connectivity index (χ3n) is 3.19. The molecule has 0 aliphatic heterocycles. The van der Waals surface area contributed by atoms with Crippen molar-refractivity contribution in [2.45, 2.75) is 13.3 Å². The Morgan fingerprint density at radius 1 is 1.23 bits per heavy atom. The van der Waals surface area contributed by atoms with Crippen LogP contribution < -0.4 is 4.74 Å². The SMILES string of the molecule is Cc1ccc(OCCc2c(O)ccc(C(=O)O)c2O)c(Cl)c1. The summed E-state index contributed by atoms with van der Waals surface area (Å²) in [5, 5.41) is 29.1. The minimum atomic E-state index is -1.26. The van der Waals surface area contributed by atoms with Gasteiger partial charge in [0, 0.05) is 12.0 Å². The highest BCUT2D eigenvalue weighted by molar-refractivity contribution is 6.32. The van der Waals surface area contributed by atoms with Crippen molar-refractivity contribution in [2.75, 3.05) is 6.61 Å². The van der Waals surface area contributed by atoms with Gasteiger partial charge < -0.3 is 20.1 Å². The van der Waals surface area contributed by atoms with Crippen LogP contribution in [0.2, 0.25) is 5.02 Å². The number of carboxylic acid groups (broad SMARTS) is 1.